The van der Waals surface area contributed by atoms with Gasteiger partial charge in [-0.15, -0.1) is 11.6 Å². The molecule has 0 aliphatic heterocycles. The van der Waals surface area contributed by atoms with E-state index >= 15 is 0 Å². The van der Waals surface area contributed by atoms with Crippen molar-refractivity contribution in [2.45, 2.75) is 18.7 Å². The van der Waals surface area contributed by atoms with Crippen LogP contribution in [0.1, 0.15) is 22.1 Å². The summed E-state index contributed by atoms with van der Waals surface area (Å²) in [6, 6.07) is 14.1. The highest BCUT2D eigenvalue weighted by Gasteiger charge is 2.13. The molecule has 1 unspecified atom stereocenters. The van der Waals surface area contributed by atoms with Crippen LogP contribution in [0, 0.1) is 6.92 Å². The van der Waals surface area contributed by atoms with Gasteiger partial charge in [0.1, 0.15) is 0 Å². The smallest absolute Gasteiger partial charge is 0.0637 e. The van der Waals surface area contributed by atoms with E-state index in [-0.39, 0.29) is 5.38 Å². The van der Waals surface area contributed by atoms with E-state index in [4.69, 9.17) is 23.2 Å². The minimum absolute atomic E-state index is 0.0834. The first-order valence-corrected chi connectivity index (χ1v) is 7.31. The van der Waals surface area contributed by atoms with Crippen molar-refractivity contribution in [1.29, 1.82) is 0 Å². The van der Waals surface area contributed by atoms with Crippen LogP contribution in [0.3, 0.4) is 0 Å². The molecular weight excluding hydrogens is 331 g/mol. The summed E-state index contributed by atoms with van der Waals surface area (Å²) >= 11 is 16.0. The van der Waals surface area contributed by atoms with Gasteiger partial charge < -0.3 is 0 Å². The summed E-state index contributed by atoms with van der Waals surface area (Å²) in [6.45, 7) is 2.09. The lowest BCUT2D eigenvalue weighted by Gasteiger charge is -2.13. The van der Waals surface area contributed by atoms with E-state index in [1.54, 1.807) is 0 Å². The summed E-state index contributed by atoms with van der Waals surface area (Å²) in [6.07, 6.45) is 0.794. The first-order chi connectivity index (χ1) is 8.56. The molecule has 3 heteroatoms. The highest BCUT2D eigenvalue weighted by molar-refractivity contribution is 9.10. The Labute approximate surface area is 126 Å². The maximum Gasteiger partial charge on any atom is 0.0637 e. The number of halogens is 3. The summed E-state index contributed by atoms with van der Waals surface area (Å²) in [5, 5.41) is 0.628. The Morgan fingerprint density at radius 3 is 2.67 bits per heavy atom. The molecule has 0 N–H and O–H groups in total. The van der Waals surface area contributed by atoms with Crippen molar-refractivity contribution in [1.82, 2.24) is 0 Å². The third-order valence-electron chi connectivity index (χ3n) is 2.79. The van der Waals surface area contributed by atoms with Gasteiger partial charge in [0.05, 0.1) is 5.38 Å². The molecular formula is C15H13BrCl2. The molecule has 0 bridgehead atoms. The van der Waals surface area contributed by atoms with Crippen LogP contribution < -0.4 is 0 Å². The van der Waals surface area contributed by atoms with Gasteiger partial charge in [-0.3, -0.25) is 0 Å². The first-order valence-electron chi connectivity index (χ1n) is 5.71. The normalized spacial score (nSPS) is 12.4. The Bertz CT molecular complexity index is 552. The predicted octanol–water partition coefficient (Wildman–Crippen LogP) is 5.93. The Balaban J connectivity index is 2.21. The molecule has 0 fully saturated rings. The van der Waals surface area contributed by atoms with Crippen molar-refractivity contribution in [3.8, 4) is 0 Å². The second-order valence-corrected chi connectivity index (χ2v) is 6.14. The first kappa shape index (κ1) is 13.9. The number of rotatable bonds is 3. The van der Waals surface area contributed by atoms with Gasteiger partial charge in [0.2, 0.25) is 0 Å². The Morgan fingerprint density at radius 1 is 1.17 bits per heavy atom. The summed E-state index contributed by atoms with van der Waals surface area (Å²) < 4.78 is 1.000. The third-order valence-corrected chi connectivity index (χ3v) is 4.14. The quantitative estimate of drug-likeness (QED) is 0.605. The van der Waals surface area contributed by atoms with Crippen molar-refractivity contribution in [2.24, 2.45) is 0 Å². The molecule has 0 aliphatic carbocycles. The van der Waals surface area contributed by atoms with E-state index in [9.17, 15) is 0 Å². The average molecular weight is 344 g/mol. The lowest BCUT2D eigenvalue weighted by molar-refractivity contribution is 0.913. The minimum atomic E-state index is -0.0834. The van der Waals surface area contributed by atoms with Crippen molar-refractivity contribution in [3.05, 3.63) is 68.7 Å². The minimum Gasteiger partial charge on any atom is -0.117 e. The molecule has 18 heavy (non-hydrogen) atoms. The van der Waals surface area contributed by atoms with Crippen LogP contribution in [-0.2, 0) is 6.42 Å². The number of hydrogen-bond donors (Lipinski definition) is 0. The fourth-order valence-electron chi connectivity index (χ4n) is 1.91. The lowest BCUT2D eigenvalue weighted by Crippen LogP contribution is -1.97. The van der Waals surface area contributed by atoms with Crippen molar-refractivity contribution >= 4 is 39.1 Å². The SMILES string of the molecule is Cc1cccc(CC(Cl)c2cc(Cl)ccc2Br)c1. The molecule has 2 aromatic carbocycles. The zero-order chi connectivity index (χ0) is 13.1. The van der Waals surface area contributed by atoms with Gasteiger partial charge in [-0.2, -0.15) is 0 Å². The van der Waals surface area contributed by atoms with Crippen LogP contribution in [0.4, 0.5) is 0 Å². The fourth-order valence-corrected chi connectivity index (χ4v) is 3.10. The molecule has 0 aliphatic rings. The molecule has 0 aromatic heterocycles. The van der Waals surface area contributed by atoms with Crippen LogP contribution in [0.2, 0.25) is 5.02 Å². The second kappa shape index (κ2) is 6.10. The zero-order valence-electron chi connectivity index (χ0n) is 9.96. The zero-order valence-corrected chi connectivity index (χ0v) is 13.1. The molecule has 0 heterocycles. The molecule has 2 rings (SSSR count). The average Bonchev–Trinajstić information content (AvgIpc) is 2.32. The van der Waals surface area contributed by atoms with Gasteiger partial charge in [0.25, 0.3) is 0 Å². The Hall–Kier alpha value is -0.500. The molecule has 0 saturated heterocycles. The van der Waals surface area contributed by atoms with Crippen LogP contribution in [0.15, 0.2) is 46.9 Å². The van der Waals surface area contributed by atoms with E-state index < -0.39 is 0 Å². The largest absolute Gasteiger partial charge is 0.117 e. The highest BCUT2D eigenvalue weighted by Crippen LogP contribution is 2.33. The molecule has 0 saturated carbocycles. The molecule has 2 aromatic rings. The molecule has 1 atom stereocenters. The number of aryl methyl sites for hydroxylation is 1. The van der Waals surface area contributed by atoms with Crippen molar-refractivity contribution < 1.29 is 0 Å². The molecule has 0 amide bonds. The number of benzene rings is 2. The monoisotopic (exact) mass is 342 g/mol. The summed E-state index contributed by atoms with van der Waals surface area (Å²) in [7, 11) is 0. The predicted molar refractivity (Wildman–Crippen MR) is 82.6 cm³/mol. The third kappa shape index (κ3) is 3.50. The van der Waals surface area contributed by atoms with Gasteiger partial charge in [0, 0.05) is 9.50 Å². The maximum absolute atomic E-state index is 6.48. The second-order valence-electron chi connectivity index (χ2n) is 4.33. The van der Waals surface area contributed by atoms with Crippen LogP contribution >= 0.6 is 39.1 Å². The van der Waals surface area contributed by atoms with E-state index in [0.29, 0.717) is 5.02 Å². The highest BCUT2D eigenvalue weighted by atomic mass is 79.9. The Kier molecular flexibility index (Phi) is 4.71. The van der Waals surface area contributed by atoms with Gasteiger partial charge in [-0.1, -0.05) is 57.4 Å². The van der Waals surface area contributed by atoms with Crippen LogP contribution in [0.5, 0.6) is 0 Å². The van der Waals surface area contributed by atoms with Gasteiger partial charge in [0.15, 0.2) is 0 Å². The molecule has 0 spiro atoms. The Morgan fingerprint density at radius 2 is 1.94 bits per heavy atom. The van der Waals surface area contributed by atoms with Crippen LogP contribution in [0.25, 0.3) is 0 Å². The maximum atomic E-state index is 6.48. The molecule has 0 nitrogen and oxygen atoms in total. The van der Waals surface area contributed by atoms with Gasteiger partial charge in [-0.25, -0.2) is 0 Å². The summed E-state index contributed by atoms with van der Waals surface area (Å²) in [4.78, 5) is 0. The van der Waals surface area contributed by atoms with E-state index in [1.807, 2.05) is 18.2 Å². The van der Waals surface area contributed by atoms with Crippen LogP contribution in [-0.4, -0.2) is 0 Å². The summed E-state index contributed by atoms with van der Waals surface area (Å²) in [5.41, 5.74) is 3.52. The standard InChI is InChI=1S/C15H13BrCl2/c1-10-3-2-4-11(7-10)8-15(18)13-9-12(17)5-6-14(13)16/h2-7,9,15H,8H2,1H3. The topological polar surface area (TPSA) is 0 Å². The van der Waals surface area contributed by atoms with Crippen molar-refractivity contribution in [2.75, 3.05) is 0 Å². The van der Waals surface area contributed by atoms with E-state index in [2.05, 4.69) is 47.1 Å². The molecule has 94 valence electrons. The number of alkyl halides is 1. The number of hydrogen-bond acceptors (Lipinski definition) is 0. The van der Waals surface area contributed by atoms with Gasteiger partial charge in [-0.05, 0) is 42.7 Å². The van der Waals surface area contributed by atoms with E-state index in [0.717, 1.165) is 16.5 Å². The van der Waals surface area contributed by atoms with Crippen molar-refractivity contribution in [3.63, 3.8) is 0 Å². The lowest BCUT2D eigenvalue weighted by atomic mass is 10.0. The van der Waals surface area contributed by atoms with E-state index in [1.165, 1.54) is 11.1 Å². The van der Waals surface area contributed by atoms with Gasteiger partial charge >= 0.3 is 0 Å². The fraction of sp³-hybridized carbons (Fsp3) is 0.200. The summed E-state index contributed by atoms with van der Waals surface area (Å²) in [5.74, 6) is 0. The molecule has 0 radical (unpaired) electrons.